The highest BCUT2D eigenvalue weighted by molar-refractivity contribution is 5.85. The largest absolute Gasteiger partial charge is 0.361 e. The van der Waals surface area contributed by atoms with Crippen molar-refractivity contribution in [3.63, 3.8) is 0 Å². The first-order chi connectivity index (χ1) is 12.5. The summed E-state index contributed by atoms with van der Waals surface area (Å²) in [7, 11) is 0. The third-order valence-electron chi connectivity index (χ3n) is 5.49. The number of aryl methyl sites for hydroxylation is 1. The van der Waals surface area contributed by atoms with Crippen molar-refractivity contribution in [2.75, 3.05) is 0 Å². The highest BCUT2D eigenvalue weighted by Gasteiger charge is 2.14. The molecule has 134 valence electrons. The van der Waals surface area contributed by atoms with Gasteiger partial charge in [-0.05, 0) is 59.6 Å². The van der Waals surface area contributed by atoms with E-state index in [1.165, 1.54) is 33.7 Å². The molecule has 2 nitrogen and oxygen atoms in total. The van der Waals surface area contributed by atoms with Crippen LogP contribution in [0.4, 0.5) is 4.39 Å². The summed E-state index contributed by atoms with van der Waals surface area (Å²) in [4.78, 5) is 6.47. The van der Waals surface area contributed by atoms with Crippen LogP contribution in [0.3, 0.4) is 0 Å². The fourth-order valence-corrected chi connectivity index (χ4v) is 3.91. The molecule has 2 N–H and O–H groups in total. The Kier molecular flexibility index (Phi) is 4.31. The lowest BCUT2D eigenvalue weighted by Crippen LogP contribution is -1.96. The van der Waals surface area contributed by atoms with Gasteiger partial charge in [0, 0.05) is 28.7 Å². The molecule has 4 aromatic rings. The fraction of sp³-hybridized carbons (Fsp3) is 0.304. The van der Waals surface area contributed by atoms with Crippen molar-refractivity contribution in [2.24, 2.45) is 0 Å². The van der Waals surface area contributed by atoms with Crippen LogP contribution in [0.2, 0.25) is 0 Å². The molecule has 2 heterocycles. The molecule has 0 aliphatic rings. The van der Waals surface area contributed by atoms with E-state index in [9.17, 15) is 4.39 Å². The van der Waals surface area contributed by atoms with Crippen molar-refractivity contribution in [1.29, 1.82) is 0 Å². The van der Waals surface area contributed by atoms with E-state index in [0.717, 1.165) is 18.2 Å². The fourth-order valence-electron chi connectivity index (χ4n) is 3.91. The summed E-state index contributed by atoms with van der Waals surface area (Å²) >= 11 is 0. The number of hydrogen-bond acceptors (Lipinski definition) is 0. The molecular weight excluding hydrogens is 323 g/mol. The molecule has 0 fully saturated rings. The van der Waals surface area contributed by atoms with Crippen LogP contribution in [0.1, 0.15) is 55.7 Å². The molecule has 0 spiro atoms. The topological polar surface area (TPSA) is 31.6 Å². The summed E-state index contributed by atoms with van der Waals surface area (Å²) in [6.45, 7) is 6.68. The van der Waals surface area contributed by atoms with Crippen molar-refractivity contribution in [2.45, 2.75) is 45.4 Å². The average molecular weight is 348 g/mol. The zero-order valence-corrected chi connectivity index (χ0v) is 15.6. The summed E-state index contributed by atoms with van der Waals surface area (Å²) < 4.78 is 13.9. The lowest BCUT2D eigenvalue weighted by atomic mass is 9.93. The molecule has 2 aromatic heterocycles. The molecule has 0 aliphatic heterocycles. The number of halogens is 1. The van der Waals surface area contributed by atoms with Crippen molar-refractivity contribution in [3.8, 4) is 0 Å². The number of benzene rings is 2. The maximum atomic E-state index is 13.9. The van der Waals surface area contributed by atoms with Gasteiger partial charge in [-0.15, -0.1) is 0 Å². The van der Waals surface area contributed by atoms with Crippen LogP contribution in [0, 0.1) is 5.82 Å². The van der Waals surface area contributed by atoms with E-state index in [4.69, 9.17) is 0 Å². The molecule has 1 atom stereocenters. The highest BCUT2D eigenvalue weighted by atomic mass is 19.1. The number of H-pyrrole nitrogens is 2. The molecule has 0 aliphatic carbocycles. The standard InChI is InChI=1S/C23H25FN2/c1-14(2)19-12-25-22-10-9-16(11-18(19)22)8-7-15(3)20-13-26-23-17(20)5-4-6-21(23)24/h4-6,9-15,25-26H,7-8H2,1-3H3. The van der Waals surface area contributed by atoms with E-state index in [-0.39, 0.29) is 5.82 Å². The molecule has 0 amide bonds. The Bertz CT molecular complexity index is 1050. The number of para-hydroxylation sites is 1. The minimum Gasteiger partial charge on any atom is -0.361 e. The van der Waals surface area contributed by atoms with Gasteiger partial charge in [-0.3, -0.25) is 0 Å². The Labute approximate surface area is 153 Å². The molecule has 2 aromatic carbocycles. The van der Waals surface area contributed by atoms with Gasteiger partial charge in [0.25, 0.3) is 0 Å². The van der Waals surface area contributed by atoms with Crippen LogP contribution < -0.4 is 0 Å². The second kappa shape index (κ2) is 6.64. The number of nitrogens with one attached hydrogen (secondary N) is 2. The highest BCUT2D eigenvalue weighted by Crippen LogP contribution is 2.31. The molecule has 26 heavy (non-hydrogen) atoms. The van der Waals surface area contributed by atoms with Gasteiger partial charge in [0.15, 0.2) is 0 Å². The van der Waals surface area contributed by atoms with E-state index >= 15 is 0 Å². The molecule has 0 radical (unpaired) electrons. The Morgan fingerprint density at radius 1 is 0.923 bits per heavy atom. The normalized spacial score (nSPS) is 13.1. The van der Waals surface area contributed by atoms with Crippen LogP contribution >= 0.6 is 0 Å². The molecule has 4 rings (SSSR count). The van der Waals surface area contributed by atoms with Crippen molar-refractivity contribution in [1.82, 2.24) is 9.97 Å². The summed E-state index contributed by atoms with van der Waals surface area (Å²) in [6, 6.07) is 12.0. The molecule has 1 unspecified atom stereocenters. The maximum absolute atomic E-state index is 13.9. The third-order valence-corrected chi connectivity index (χ3v) is 5.49. The summed E-state index contributed by atoms with van der Waals surface area (Å²) in [5, 5.41) is 2.33. The van der Waals surface area contributed by atoms with Crippen molar-refractivity contribution < 1.29 is 4.39 Å². The molecule has 0 bridgehead atoms. The molecule has 0 saturated heterocycles. The third kappa shape index (κ3) is 2.92. The Hall–Kier alpha value is -2.55. The SMILES string of the molecule is CC(C)c1c[nH]c2ccc(CCC(C)c3c[nH]c4c(F)cccc34)cc12. The van der Waals surface area contributed by atoms with E-state index in [0.29, 0.717) is 17.4 Å². The first kappa shape index (κ1) is 16.9. The Morgan fingerprint density at radius 3 is 2.54 bits per heavy atom. The maximum Gasteiger partial charge on any atom is 0.147 e. The van der Waals surface area contributed by atoms with Gasteiger partial charge in [-0.1, -0.05) is 39.0 Å². The Morgan fingerprint density at radius 2 is 1.73 bits per heavy atom. The van der Waals surface area contributed by atoms with Crippen LogP contribution in [-0.4, -0.2) is 9.97 Å². The molecule has 3 heteroatoms. The zero-order valence-electron chi connectivity index (χ0n) is 15.6. The van der Waals surface area contributed by atoms with Gasteiger partial charge in [0.05, 0.1) is 5.52 Å². The summed E-state index contributed by atoms with van der Waals surface area (Å²) in [6.07, 6.45) is 6.14. The zero-order chi connectivity index (χ0) is 18.3. The lowest BCUT2D eigenvalue weighted by Gasteiger charge is -2.11. The van der Waals surface area contributed by atoms with Gasteiger partial charge in [-0.2, -0.15) is 0 Å². The van der Waals surface area contributed by atoms with Gasteiger partial charge in [0.2, 0.25) is 0 Å². The minimum atomic E-state index is -0.180. The first-order valence-electron chi connectivity index (χ1n) is 9.40. The number of hydrogen-bond donors (Lipinski definition) is 2. The van der Waals surface area contributed by atoms with Gasteiger partial charge >= 0.3 is 0 Å². The predicted octanol–water partition coefficient (Wildman–Crippen LogP) is 6.65. The van der Waals surface area contributed by atoms with E-state index in [1.807, 2.05) is 12.3 Å². The van der Waals surface area contributed by atoms with Gasteiger partial charge < -0.3 is 9.97 Å². The van der Waals surface area contributed by atoms with E-state index < -0.39 is 0 Å². The van der Waals surface area contributed by atoms with Crippen LogP contribution in [0.15, 0.2) is 48.8 Å². The number of rotatable bonds is 5. The predicted molar refractivity (Wildman–Crippen MR) is 107 cm³/mol. The van der Waals surface area contributed by atoms with Gasteiger partial charge in [0.1, 0.15) is 5.82 Å². The van der Waals surface area contributed by atoms with E-state index in [2.05, 4.69) is 55.1 Å². The summed E-state index contributed by atoms with van der Waals surface area (Å²) in [5.74, 6) is 0.705. The smallest absolute Gasteiger partial charge is 0.147 e. The number of aromatic nitrogens is 2. The number of fused-ring (bicyclic) bond motifs is 2. The first-order valence-corrected chi connectivity index (χ1v) is 9.40. The van der Waals surface area contributed by atoms with E-state index in [1.54, 1.807) is 6.07 Å². The average Bonchev–Trinajstić information content (AvgIpc) is 3.24. The van der Waals surface area contributed by atoms with Crippen LogP contribution in [-0.2, 0) is 6.42 Å². The minimum absolute atomic E-state index is 0.180. The van der Waals surface area contributed by atoms with Gasteiger partial charge in [-0.25, -0.2) is 4.39 Å². The van der Waals surface area contributed by atoms with Crippen molar-refractivity contribution >= 4 is 21.8 Å². The van der Waals surface area contributed by atoms with Crippen molar-refractivity contribution in [3.05, 3.63) is 71.3 Å². The quantitative estimate of drug-likeness (QED) is 0.405. The Balaban J connectivity index is 1.55. The van der Waals surface area contributed by atoms with Crippen LogP contribution in [0.25, 0.3) is 21.8 Å². The molecule has 0 saturated carbocycles. The second-order valence-corrected chi connectivity index (χ2v) is 7.62. The lowest BCUT2D eigenvalue weighted by molar-refractivity contribution is 0.637. The molecular formula is C23H25FN2. The number of aromatic amines is 2. The van der Waals surface area contributed by atoms with Crippen LogP contribution in [0.5, 0.6) is 0 Å². The summed E-state index contributed by atoms with van der Waals surface area (Å²) in [5.41, 5.74) is 5.76. The monoisotopic (exact) mass is 348 g/mol. The second-order valence-electron chi connectivity index (χ2n) is 7.62.